The van der Waals surface area contributed by atoms with Crippen LogP contribution in [0.5, 0.6) is 5.75 Å². The van der Waals surface area contributed by atoms with Crippen LogP contribution in [0.15, 0.2) is 22.9 Å². The number of hydrogen-bond acceptors (Lipinski definition) is 5. The molecular formula is C22H26BrF3N6O. The lowest BCUT2D eigenvalue weighted by molar-refractivity contribution is -0.274. The summed E-state index contributed by atoms with van der Waals surface area (Å²) in [5, 5.41) is 5.27. The molecule has 178 valence electrons. The van der Waals surface area contributed by atoms with Crippen LogP contribution < -0.4 is 4.74 Å². The average Bonchev–Trinajstić information content (AvgIpc) is 3.42. The third kappa shape index (κ3) is 4.90. The van der Waals surface area contributed by atoms with Crippen LogP contribution in [0, 0.1) is 0 Å². The van der Waals surface area contributed by atoms with Crippen LogP contribution in [0.1, 0.15) is 24.5 Å². The predicted molar refractivity (Wildman–Crippen MR) is 122 cm³/mol. The van der Waals surface area contributed by atoms with Gasteiger partial charge >= 0.3 is 6.36 Å². The van der Waals surface area contributed by atoms with E-state index in [0.717, 1.165) is 56.6 Å². The standard InChI is InChI=1S/C22H26BrF3N6O/c1-29-5-7-31(8-6-29)9-10-32-13-15-11-16(18(12-17(15)28-32)33-22(24,25)26)21-27-20(23)19(30(21)2)14-3-4-14/h11-14H,3-10H2,1-2H3. The Morgan fingerprint density at radius 3 is 2.48 bits per heavy atom. The Balaban J connectivity index is 1.47. The van der Waals surface area contributed by atoms with Gasteiger partial charge in [-0.1, -0.05) is 0 Å². The van der Waals surface area contributed by atoms with Gasteiger partial charge in [-0.05, 0) is 41.9 Å². The van der Waals surface area contributed by atoms with Crippen molar-refractivity contribution in [1.82, 2.24) is 29.1 Å². The molecule has 7 nitrogen and oxygen atoms in total. The number of fused-ring (bicyclic) bond motifs is 1. The van der Waals surface area contributed by atoms with Crippen molar-refractivity contribution < 1.29 is 17.9 Å². The number of rotatable bonds is 6. The summed E-state index contributed by atoms with van der Waals surface area (Å²) in [6.45, 7) is 5.58. The molecule has 1 saturated heterocycles. The van der Waals surface area contributed by atoms with Crippen LogP contribution >= 0.6 is 15.9 Å². The number of nitrogens with zero attached hydrogens (tertiary/aromatic N) is 6. The first-order valence-corrected chi connectivity index (χ1v) is 11.9. The number of likely N-dealkylation sites (N-methyl/N-ethyl adjacent to an activating group) is 1. The Kier molecular flexibility index (Phi) is 5.90. The predicted octanol–water partition coefficient (Wildman–Crippen LogP) is 4.22. The Labute approximate surface area is 198 Å². The lowest BCUT2D eigenvalue weighted by Crippen LogP contribution is -2.45. The van der Waals surface area contributed by atoms with Crippen molar-refractivity contribution in [2.45, 2.75) is 31.7 Å². The van der Waals surface area contributed by atoms with Gasteiger partial charge in [-0.3, -0.25) is 9.58 Å². The number of halogens is 4. The first-order valence-electron chi connectivity index (χ1n) is 11.1. The Hall–Kier alpha value is -2.11. The van der Waals surface area contributed by atoms with Gasteiger partial charge < -0.3 is 14.2 Å². The van der Waals surface area contributed by atoms with E-state index in [1.54, 1.807) is 10.7 Å². The number of alkyl halides is 3. The van der Waals surface area contributed by atoms with Crippen LogP contribution in [0.2, 0.25) is 0 Å². The second-order valence-corrected chi connectivity index (χ2v) is 9.69. The number of benzene rings is 1. The van der Waals surface area contributed by atoms with Crippen LogP contribution in [-0.2, 0) is 13.6 Å². The van der Waals surface area contributed by atoms with Crippen LogP contribution in [0.25, 0.3) is 22.3 Å². The quantitative estimate of drug-likeness (QED) is 0.481. The summed E-state index contributed by atoms with van der Waals surface area (Å²) in [5.74, 6) is 0.538. The topological polar surface area (TPSA) is 51.4 Å². The highest BCUT2D eigenvalue weighted by atomic mass is 79.9. The van der Waals surface area contributed by atoms with Crippen LogP contribution in [0.3, 0.4) is 0 Å². The molecule has 0 atom stereocenters. The summed E-state index contributed by atoms with van der Waals surface area (Å²) in [6, 6.07) is 3.06. The number of hydrogen-bond donors (Lipinski definition) is 0. The second-order valence-electron chi connectivity index (χ2n) is 8.94. The molecule has 1 aliphatic carbocycles. The maximum atomic E-state index is 13.2. The highest BCUT2D eigenvalue weighted by molar-refractivity contribution is 9.10. The van der Waals surface area contributed by atoms with Gasteiger partial charge in [0.2, 0.25) is 0 Å². The molecule has 3 heterocycles. The minimum atomic E-state index is -4.81. The summed E-state index contributed by atoms with van der Waals surface area (Å²) in [6.07, 6.45) is -0.814. The number of imidazole rings is 1. The molecule has 0 spiro atoms. The van der Waals surface area contributed by atoms with E-state index in [2.05, 4.69) is 47.6 Å². The van der Waals surface area contributed by atoms with E-state index >= 15 is 0 Å². The van der Waals surface area contributed by atoms with Gasteiger partial charge in [0.25, 0.3) is 0 Å². The van der Waals surface area contributed by atoms with E-state index in [9.17, 15) is 13.2 Å². The molecule has 2 aromatic heterocycles. The van der Waals surface area contributed by atoms with E-state index in [1.165, 1.54) is 6.07 Å². The van der Waals surface area contributed by atoms with Crippen molar-refractivity contribution in [2.75, 3.05) is 39.8 Å². The Morgan fingerprint density at radius 1 is 1.09 bits per heavy atom. The molecule has 2 aliphatic rings. The molecule has 3 aromatic rings. The molecule has 0 unspecified atom stereocenters. The third-order valence-electron chi connectivity index (χ3n) is 6.42. The average molecular weight is 527 g/mol. The zero-order valence-corrected chi connectivity index (χ0v) is 20.2. The van der Waals surface area contributed by atoms with Gasteiger partial charge in [-0.15, -0.1) is 13.2 Å². The molecule has 1 aliphatic heterocycles. The summed E-state index contributed by atoms with van der Waals surface area (Å²) < 4.78 is 48.4. The summed E-state index contributed by atoms with van der Waals surface area (Å²) in [5.41, 5.74) is 1.77. The summed E-state index contributed by atoms with van der Waals surface area (Å²) >= 11 is 3.49. The zero-order chi connectivity index (χ0) is 23.3. The van der Waals surface area contributed by atoms with E-state index in [1.807, 2.05) is 17.8 Å². The first-order chi connectivity index (χ1) is 15.7. The fraction of sp³-hybridized carbons (Fsp3) is 0.545. The molecule has 0 radical (unpaired) electrons. The molecular weight excluding hydrogens is 501 g/mol. The first kappa shape index (κ1) is 22.7. The van der Waals surface area contributed by atoms with E-state index < -0.39 is 6.36 Å². The fourth-order valence-corrected chi connectivity index (χ4v) is 5.19. The molecule has 5 rings (SSSR count). The summed E-state index contributed by atoms with van der Waals surface area (Å²) in [7, 11) is 3.95. The lowest BCUT2D eigenvalue weighted by Gasteiger charge is -2.32. The smallest absolute Gasteiger partial charge is 0.405 e. The normalized spacial score (nSPS) is 18.4. The van der Waals surface area contributed by atoms with E-state index in [-0.39, 0.29) is 5.75 Å². The number of piperazine rings is 1. The van der Waals surface area contributed by atoms with Crippen LogP contribution in [-0.4, -0.2) is 75.3 Å². The molecule has 0 amide bonds. The monoisotopic (exact) mass is 526 g/mol. The van der Waals surface area contributed by atoms with Crippen molar-refractivity contribution in [1.29, 1.82) is 0 Å². The van der Waals surface area contributed by atoms with E-state index in [4.69, 9.17) is 0 Å². The maximum absolute atomic E-state index is 13.2. The molecule has 33 heavy (non-hydrogen) atoms. The molecule has 0 N–H and O–H groups in total. The highest BCUT2D eigenvalue weighted by Crippen LogP contribution is 2.45. The van der Waals surface area contributed by atoms with Crippen LogP contribution in [0.4, 0.5) is 13.2 Å². The second kappa shape index (κ2) is 8.59. The van der Waals surface area contributed by atoms with E-state index in [0.29, 0.717) is 34.0 Å². The zero-order valence-electron chi connectivity index (χ0n) is 18.6. The molecule has 2 fully saturated rings. The van der Waals surface area contributed by atoms with Crippen molar-refractivity contribution in [3.8, 4) is 17.1 Å². The van der Waals surface area contributed by atoms with Crippen molar-refractivity contribution in [2.24, 2.45) is 7.05 Å². The fourth-order valence-electron chi connectivity index (χ4n) is 4.44. The lowest BCUT2D eigenvalue weighted by atomic mass is 10.1. The van der Waals surface area contributed by atoms with Crippen molar-refractivity contribution >= 4 is 26.8 Å². The van der Waals surface area contributed by atoms with Gasteiger partial charge in [0.15, 0.2) is 0 Å². The third-order valence-corrected chi connectivity index (χ3v) is 7.00. The minimum Gasteiger partial charge on any atom is -0.405 e. The Morgan fingerprint density at radius 2 is 1.82 bits per heavy atom. The minimum absolute atomic E-state index is 0.290. The molecule has 1 saturated carbocycles. The van der Waals surface area contributed by atoms with Gasteiger partial charge in [-0.25, -0.2) is 4.98 Å². The van der Waals surface area contributed by atoms with Gasteiger partial charge in [-0.2, -0.15) is 5.10 Å². The van der Waals surface area contributed by atoms with Crippen molar-refractivity contribution in [3.05, 3.63) is 28.6 Å². The van der Waals surface area contributed by atoms with Gasteiger partial charge in [0.05, 0.1) is 23.3 Å². The van der Waals surface area contributed by atoms with Gasteiger partial charge in [0, 0.05) is 63.3 Å². The van der Waals surface area contributed by atoms with Gasteiger partial charge in [0.1, 0.15) is 16.2 Å². The number of ether oxygens (including phenoxy) is 1. The molecule has 1 aromatic carbocycles. The van der Waals surface area contributed by atoms with Crippen molar-refractivity contribution in [3.63, 3.8) is 0 Å². The molecule has 11 heteroatoms. The maximum Gasteiger partial charge on any atom is 0.573 e. The summed E-state index contributed by atoms with van der Waals surface area (Å²) in [4.78, 5) is 9.22. The highest BCUT2D eigenvalue weighted by Gasteiger charge is 2.35. The molecule has 0 bridgehead atoms. The largest absolute Gasteiger partial charge is 0.573 e. The SMILES string of the molecule is CN1CCN(CCn2cc3cc(-c4nc(Br)c(C5CC5)n4C)c(OC(F)(F)F)cc3n2)CC1. The Bertz CT molecular complexity index is 1160. The number of aromatic nitrogens is 4.